The first-order valence-corrected chi connectivity index (χ1v) is 6.24. The van der Waals surface area contributed by atoms with Crippen LogP contribution >= 0.6 is 0 Å². The fraction of sp³-hybridized carbons (Fsp3) is 0.214. The zero-order valence-electron chi connectivity index (χ0n) is 11.5. The number of carbonyl (C=O) groups excluding carboxylic acids is 1. The van der Waals surface area contributed by atoms with Gasteiger partial charge in [0.25, 0.3) is 0 Å². The van der Waals surface area contributed by atoms with Gasteiger partial charge in [-0.3, -0.25) is 9.48 Å². The number of anilines is 1. The summed E-state index contributed by atoms with van der Waals surface area (Å²) >= 11 is 0. The van der Waals surface area contributed by atoms with Gasteiger partial charge >= 0.3 is 0 Å². The first kappa shape index (κ1) is 14.4. The Morgan fingerprint density at radius 1 is 1.57 bits per heavy atom. The Kier molecular flexibility index (Phi) is 4.41. The molecule has 2 aromatic rings. The summed E-state index contributed by atoms with van der Waals surface area (Å²) in [6.45, 7) is 0.573. The van der Waals surface area contributed by atoms with E-state index in [4.69, 9.17) is 15.7 Å². The van der Waals surface area contributed by atoms with Gasteiger partial charge in [-0.1, -0.05) is 6.07 Å². The number of ether oxygens (including phenoxy) is 1. The van der Waals surface area contributed by atoms with Crippen molar-refractivity contribution in [2.75, 3.05) is 12.4 Å². The van der Waals surface area contributed by atoms with E-state index in [2.05, 4.69) is 16.5 Å². The normalized spacial score (nSPS) is 9.90. The minimum absolute atomic E-state index is 0.0444. The van der Waals surface area contributed by atoms with Crippen LogP contribution in [0.3, 0.4) is 0 Å². The van der Waals surface area contributed by atoms with Gasteiger partial charge in [-0.2, -0.15) is 10.4 Å². The van der Waals surface area contributed by atoms with Crippen molar-refractivity contribution in [3.8, 4) is 11.8 Å². The number of benzene rings is 1. The van der Waals surface area contributed by atoms with Crippen molar-refractivity contribution in [2.24, 2.45) is 5.73 Å². The Labute approximate surface area is 121 Å². The van der Waals surface area contributed by atoms with E-state index in [1.165, 1.54) is 11.8 Å². The summed E-state index contributed by atoms with van der Waals surface area (Å²) in [6.07, 6.45) is 3.30. The van der Waals surface area contributed by atoms with Crippen molar-refractivity contribution in [1.29, 1.82) is 5.26 Å². The first-order chi connectivity index (χ1) is 10.1. The van der Waals surface area contributed by atoms with Gasteiger partial charge in [0.1, 0.15) is 18.4 Å². The van der Waals surface area contributed by atoms with Gasteiger partial charge in [-0.15, -0.1) is 0 Å². The molecule has 108 valence electrons. The lowest BCUT2D eigenvalue weighted by atomic mass is 10.1. The molecule has 0 unspecified atom stereocenters. The number of nitrogens with zero attached hydrogens (tertiary/aromatic N) is 3. The number of nitriles is 1. The second kappa shape index (κ2) is 6.43. The molecule has 0 saturated heterocycles. The highest BCUT2D eigenvalue weighted by atomic mass is 16.5. The third kappa shape index (κ3) is 3.73. The van der Waals surface area contributed by atoms with Gasteiger partial charge in [0.2, 0.25) is 5.91 Å². The Bertz CT molecular complexity index is 687. The molecule has 1 aromatic carbocycles. The Balaban J connectivity index is 2.01. The number of nitrogens with one attached hydrogen (secondary N) is 1. The highest BCUT2D eigenvalue weighted by Crippen LogP contribution is 2.19. The quantitative estimate of drug-likeness (QED) is 0.818. The summed E-state index contributed by atoms with van der Waals surface area (Å²) in [6, 6.07) is 7.49. The zero-order chi connectivity index (χ0) is 15.2. The van der Waals surface area contributed by atoms with Crippen molar-refractivity contribution in [1.82, 2.24) is 9.78 Å². The molecule has 21 heavy (non-hydrogen) atoms. The molecule has 0 aliphatic rings. The third-order valence-electron chi connectivity index (χ3n) is 2.83. The molecule has 0 bridgehead atoms. The number of carbonyl (C=O) groups is 1. The summed E-state index contributed by atoms with van der Waals surface area (Å²) in [7, 11) is 1.53. The molecule has 3 N–H and O–H groups in total. The molecule has 1 aromatic heterocycles. The first-order valence-electron chi connectivity index (χ1n) is 6.24. The Morgan fingerprint density at radius 2 is 2.38 bits per heavy atom. The summed E-state index contributed by atoms with van der Waals surface area (Å²) in [5.74, 6) is 0.106. The second-order valence-corrected chi connectivity index (χ2v) is 4.39. The Hall–Kier alpha value is -3.01. The molecular weight excluding hydrogens is 270 g/mol. The van der Waals surface area contributed by atoms with Crippen LogP contribution in [0.25, 0.3) is 0 Å². The van der Waals surface area contributed by atoms with E-state index in [1.54, 1.807) is 24.5 Å². The Morgan fingerprint density at radius 3 is 3.05 bits per heavy atom. The van der Waals surface area contributed by atoms with Crippen LogP contribution in [0.1, 0.15) is 11.1 Å². The minimum atomic E-state index is -0.446. The number of aromatic nitrogens is 2. The number of primary amides is 1. The fourth-order valence-corrected chi connectivity index (χ4v) is 1.86. The van der Waals surface area contributed by atoms with E-state index < -0.39 is 5.91 Å². The molecule has 0 saturated carbocycles. The third-order valence-corrected chi connectivity index (χ3v) is 2.83. The standard InChI is InChI=1S/C14H15N5O2/c1-21-13-3-2-10(4-11(13)5-15)6-17-12-7-18-19(8-12)9-14(16)20/h2-4,7-8,17H,6,9H2,1H3,(H2,16,20). The van der Waals surface area contributed by atoms with Crippen molar-refractivity contribution < 1.29 is 9.53 Å². The molecule has 1 amide bonds. The average molecular weight is 285 g/mol. The SMILES string of the molecule is COc1ccc(CNc2cnn(CC(N)=O)c2)cc1C#N. The van der Waals surface area contributed by atoms with E-state index in [9.17, 15) is 4.79 Å². The summed E-state index contributed by atoms with van der Waals surface area (Å²) in [5, 5.41) is 16.2. The maximum absolute atomic E-state index is 10.8. The molecule has 0 aliphatic heterocycles. The average Bonchev–Trinajstić information content (AvgIpc) is 2.91. The lowest BCUT2D eigenvalue weighted by Gasteiger charge is -2.07. The van der Waals surface area contributed by atoms with Crippen LogP contribution in [0.15, 0.2) is 30.6 Å². The number of hydrogen-bond donors (Lipinski definition) is 2. The molecule has 0 atom stereocenters. The van der Waals surface area contributed by atoms with Gasteiger partial charge in [0, 0.05) is 12.7 Å². The fourth-order valence-electron chi connectivity index (χ4n) is 1.86. The monoisotopic (exact) mass is 285 g/mol. The van der Waals surface area contributed by atoms with Crippen LogP contribution in [0.5, 0.6) is 5.75 Å². The molecule has 2 rings (SSSR count). The summed E-state index contributed by atoms with van der Waals surface area (Å²) in [5.41, 5.74) is 7.29. The summed E-state index contributed by atoms with van der Waals surface area (Å²) < 4.78 is 6.55. The van der Waals surface area contributed by atoms with Crippen LogP contribution in [0.4, 0.5) is 5.69 Å². The van der Waals surface area contributed by atoms with Crippen molar-refractivity contribution in [3.63, 3.8) is 0 Å². The van der Waals surface area contributed by atoms with Gasteiger partial charge < -0.3 is 15.8 Å². The molecule has 0 fully saturated rings. The molecule has 7 nitrogen and oxygen atoms in total. The lowest BCUT2D eigenvalue weighted by molar-refractivity contribution is -0.118. The maximum atomic E-state index is 10.8. The van der Waals surface area contributed by atoms with E-state index >= 15 is 0 Å². The van der Waals surface area contributed by atoms with Gasteiger partial charge in [0.05, 0.1) is 24.6 Å². The number of methoxy groups -OCH3 is 1. The van der Waals surface area contributed by atoms with E-state index in [0.717, 1.165) is 11.3 Å². The van der Waals surface area contributed by atoms with E-state index in [0.29, 0.717) is 17.9 Å². The topological polar surface area (TPSA) is 106 Å². The number of amides is 1. The molecular formula is C14H15N5O2. The predicted octanol–water partition coefficient (Wildman–Crippen LogP) is 0.861. The number of nitrogens with two attached hydrogens (primary N) is 1. The van der Waals surface area contributed by atoms with Crippen LogP contribution < -0.4 is 15.8 Å². The highest BCUT2D eigenvalue weighted by molar-refractivity contribution is 5.73. The zero-order valence-corrected chi connectivity index (χ0v) is 11.5. The smallest absolute Gasteiger partial charge is 0.239 e. The molecule has 0 radical (unpaired) electrons. The molecule has 0 aliphatic carbocycles. The molecule has 1 heterocycles. The van der Waals surface area contributed by atoms with E-state index in [1.807, 2.05) is 6.07 Å². The van der Waals surface area contributed by atoms with Gasteiger partial charge in [-0.25, -0.2) is 0 Å². The second-order valence-electron chi connectivity index (χ2n) is 4.39. The minimum Gasteiger partial charge on any atom is -0.495 e. The lowest BCUT2D eigenvalue weighted by Crippen LogP contribution is -2.18. The predicted molar refractivity (Wildman–Crippen MR) is 76.5 cm³/mol. The van der Waals surface area contributed by atoms with Gasteiger partial charge in [0.15, 0.2) is 0 Å². The summed E-state index contributed by atoms with van der Waals surface area (Å²) in [4.78, 5) is 10.8. The van der Waals surface area contributed by atoms with Gasteiger partial charge in [-0.05, 0) is 17.7 Å². The van der Waals surface area contributed by atoms with Crippen molar-refractivity contribution >= 4 is 11.6 Å². The largest absolute Gasteiger partial charge is 0.495 e. The molecule has 7 heteroatoms. The van der Waals surface area contributed by atoms with E-state index in [-0.39, 0.29) is 6.54 Å². The van der Waals surface area contributed by atoms with Crippen LogP contribution in [-0.4, -0.2) is 22.8 Å². The van der Waals surface area contributed by atoms with Crippen LogP contribution in [-0.2, 0) is 17.9 Å². The number of hydrogen-bond acceptors (Lipinski definition) is 5. The highest BCUT2D eigenvalue weighted by Gasteiger charge is 2.05. The molecule has 0 spiro atoms. The number of rotatable bonds is 6. The van der Waals surface area contributed by atoms with Crippen molar-refractivity contribution in [2.45, 2.75) is 13.1 Å². The maximum Gasteiger partial charge on any atom is 0.239 e. The van der Waals surface area contributed by atoms with Crippen LogP contribution in [0, 0.1) is 11.3 Å². The van der Waals surface area contributed by atoms with Crippen LogP contribution in [0.2, 0.25) is 0 Å². The van der Waals surface area contributed by atoms with Crippen molar-refractivity contribution in [3.05, 3.63) is 41.7 Å².